The predicted molar refractivity (Wildman–Crippen MR) is 131 cm³/mol. The minimum atomic E-state index is -0.222. The SMILES string of the molecule is Cc1cccc(OCC(=O)Nc2ccccc2N2CCN(C(=O)c3ccc(Cl)cc3)CC2)c1. The van der Waals surface area contributed by atoms with Gasteiger partial charge in [0.05, 0.1) is 11.4 Å². The van der Waals surface area contributed by atoms with Gasteiger partial charge in [0.2, 0.25) is 0 Å². The van der Waals surface area contributed by atoms with Crippen molar-refractivity contribution in [2.24, 2.45) is 0 Å². The average Bonchev–Trinajstić information content (AvgIpc) is 2.83. The van der Waals surface area contributed by atoms with E-state index in [9.17, 15) is 9.59 Å². The lowest BCUT2D eigenvalue weighted by atomic mass is 10.1. The highest BCUT2D eigenvalue weighted by Gasteiger charge is 2.23. The van der Waals surface area contributed by atoms with Crippen LogP contribution in [0.5, 0.6) is 5.75 Å². The lowest BCUT2D eigenvalue weighted by Gasteiger charge is -2.37. The van der Waals surface area contributed by atoms with Crippen molar-refractivity contribution in [3.63, 3.8) is 0 Å². The number of rotatable bonds is 6. The molecular formula is C26H26ClN3O3. The summed E-state index contributed by atoms with van der Waals surface area (Å²) in [4.78, 5) is 29.3. The second-order valence-electron chi connectivity index (χ2n) is 7.96. The van der Waals surface area contributed by atoms with Crippen molar-refractivity contribution in [1.82, 2.24) is 4.90 Å². The summed E-state index contributed by atoms with van der Waals surface area (Å²) in [6.45, 7) is 4.45. The average molecular weight is 464 g/mol. The van der Waals surface area contributed by atoms with Crippen molar-refractivity contribution in [2.45, 2.75) is 6.92 Å². The van der Waals surface area contributed by atoms with E-state index in [0.717, 1.165) is 16.9 Å². The Balaban J connectivity index is 1.35. The van der Waals surface area contributed by atoms with Gasteiger partial charge in [-0.25, -0.2) is 0 Å². The van der Waals surface area contributed by atoms with Gasteiger partial charge < -0.3 is 19.9 Å². The monoisotopic (exact) mass is 463 g/mol. The quantitative estimate of drug-likeness (QED) is 0.579. The molecule has 33 heavy (non-hydrogen) atoms. The Bertz CT molecular complexity index is 1130. The van der Waals surface area contributed by atoms with E-state index in [1.54, 1.807) is 24.3 Å². The smallest absolute Gasteiger partial charge is 0.262 e. The number of hydrogen-bond acceptors (Lipinski definition) is 4. The number of carbonyl (C=O) groups is 2. The fourth-order valence-electron chi connectivity index (χ4n) is 3.82. The second-order valence-corrected chi connectivity index (χ2v) is 8.39. The molecule has 0 radical (unpaired) electrons. The highest BCUT2D eigenvalue weighted by molar-refractivity contribution is 6.30. The molecule has 2 amide bonds. The molecule has 6 nitrogen and oxygen atoms in total. The summed E-state index contributed by atoms with van der Waals surface area (Å²) in [5, 5.41) is 3.57. The van der Waals surface area contributed by atoms with Crippen LogP contribution in [0.1, 0.15) is 15.9 Å². The maximum Gasteiger partial charge on any atom is 0.262 e. The zero-order chi connectivity index (χ0) is 23.2. The highest BCUT2D eigenvalue weighted by atomic mass is 35.5. The summed E-state index contributed by atoms with van der Waals surface area (Å²) < 4.78 is 5.62. The summed E-state index contributed by atoms with van der Waals surface area (Å²) in [6.07, 6.45) is 0. The van der Waals surface area contributed by atoms with E-state index in [0.29, 0.717) is 42.5 Å². The van der Waals surface area contributed by atoms with Crippen LogP contribution in [-0.2, 0) is 4.79 Å². The maximum absolute atomic E-state index is 12.8. The zero-order valence-corrected chi connectivity index (χ0v) is 19.2. The van der Waals surface area contributed by atoms with Gasteiger partial charge in [-0.05, 0) is 61.0 Å². The Hall–Kier alpha value is -3.51. The third-order valence-electron chi connectivity index (χ3n) is 5.54. The first-order valence-corrected chi connectivity index (χ1v) is 11.3. The summed E-state index contributed by atoms with van der Waals surface area (Å²) in [7, 11) is 0. The summed E-state index contributed by atoms with van der Waals surface area (Å²) in [6, 6.07) is 22.3. The van der Waals surface area contributed by atoms with Gasteiger partial charge in [-0.3, -0.25) is 9.59 Å². The molecule has 0 bridgehead atoms. The summed E-state index contributed by atoms with van der Waals surface area (Å²) >= 11 is 5.93. The molecule has 0 unspecified atom stereocenters. The topological polar surface area (TPSA) is 61.9 Å². The van der Waals surface area contributed by atoms with Gasteiger partial charge in [0.25, 0.3) is 11.8 Å². The number of para-hydroxylation sites is 2. The molecule has 0 atom stereocenters. The molecule has 0 aromatic heterocycles. The van der Waals surface area contributed by atoms with Crippen LogP contribution in [0.4, 0.5) is 11.4 Å². The number of anilines is 2. The number of hydrogen-bond donors (Lipinski definition) is 1. The van der Waals surface area contributed by atoms with Gasteiger partial charge in [-0.2, -0.15) is 0 Å². The Labute approximate surface area is 198 Å². The molecule has 1 N–H and O–H groups in total. The first-order valence-electron chi connectivity index (χ1n) is 10.9. The normalized spacial score (nSPS) is 13.5. The summed E-state index contributed by atoms with van der Waals surface area (Å²) in [5.74, 6) is 0.446. The molecule has 7 heteroatoms. The standard InChI is InChI=1S/C26H26ClN3O3/c1-19-5-4-6-22(17-19)33-18-25(31)28-23-7-2-3-8-24(23)29-13-15-30(16-14-29)26(32)20-9-11-21(27)12-10-20/h2-12,17H,13-16,18H2,1H3,(H,28,31). The molecule has 170 valence electrons. The molecule has 0 saturated carbocycles. The van der Waals surface area contributed by atoms with Crippen LogP contribution in [0.3, 0.4) is 0 Å². The zero-order valence-electron chi connectivity index (χ0n) is 18.5. The van der Waals surface area contributed by atoms with E-state index < -0.39 is 0 Å². The molecule has 1 aliphatic heterocycles. The summed E-state index contributed by atoms with van der Waals surface area (Å²) in [5.41, 5.74) is 3.37. The molecule has 0 aliphatic carbocycles. The van der Waals surface area contributed by atoms with Crippen molar-refractivity contribution in [2.75, 3.05) is 43.0 Å². The molecule has 3 aromatic rings. The number of carbonyl (C=O) groups excluding carboxylic acids is 2. The maximum atomic E-state index is 12.8. The van der Waals surface area contributed by atoms with Gasteiger partial charge in [0.15, 0.2) is 6.61 Å². The van der Waals surface area contributed by atoms with E-state index in [1.807, 2.05) is 60.4 Å². The molecule has 0 spiro atoms. The van der Waals surface area contributed by atoms with Crippen LogP contribution < -0.4 is 15.0 Å². The Morgan fingerprint density at radius 1 is 0.939 bits per heavy atom. The van der Waals surface area contributed by atoms with Gasteiger partial charge in [-0.1, -0.05) is 35.9 Å². The predicted octanol–water partition coefficient (Wildman–Crippen LogP) is 4.63. The number of ether oxygens (including phenoxy) is 1. The molecule has 1 heterocycles. The van der Waals surface area contributed by atoms with Gasteiger partial charge in [0.1, 0.15) is 5.75 Å². The van der Waals surface area contributed by atoms with Gasteiger partial charge in [0, 0.05) is 36.8 Å². The van der Waals surface area contributed by atoms with Crippen LogP contribution in [0.2, 0.25) is 5.02 Å². The number of amides is 2. The molecule has 1 saturated heterocycles. The van der Waals surface area contributed by atoms with Gasteiger partial charge >= 0.3 is 0 Å². The lowest BCUT2D eigenvalue weighted by Crippen LogP contribution is -2.49. The number of nitrogens with one attached hydrogen (secondary N) is 1. The molecular weight excluding hydrogens is 438 g/mol. The first kappa shape index (κ1) is 22.7. The van der Waals surface area contributed by atoms with E-state index in [1.165, 1.54) is 0 Å². The Morgan fingerprint density at radius 3 is 2.39 bits per heavy atom. The van der Waals surface area contributed by atoms with E-state index >= 15 is 0 Å². The van der Waals surface area contributed by atoms with Crippen molar-refractivity contribution in [3.05, 3.63) is 88.9 Å². The van der Waals surface area contributed by atoms with Crippen LogP contribution in [-0.4, -0.2) is 49.5 Å². The van der Waals surface area contributed by atoms with Crippen LogP contribution >= 0.6 is 11.6 Å². The van der Waals surface area contributed by atoms with Crippen molar-refractivity contribution >= 4 is 34.8 Å². The van der Waals surface area contributed by atoms with Crippen LogP contribution in [0.25, 0.3) is 0 Å². The van der Waals surface area contributed by atoms with Crippen molar-refractivity contribution in [3.8, 4) is 5.75 Å². The molecule has 1 fully saturated rings. The number of piperazine rings is 1. The fraction of sp³-hybridized carbons (Fsp3) is 0.231. The third kappa shape index (κ3) is 5.84. The fourth-order valence-corrected chi connectivity index (χ4v) is 3.95. The van der Waals surface area contributed by atoms with E-state index in [2.05, 4.69) is 10.2 Å². The minimum absolute atomic E-state index is 0.00111. The van der Waals surface area contributed by atoms with Crippen LogP contribution in [0, 0.1) is 6.92 Å². The molecule has 1 aliphatic rings. The van der Waals surface area contributed by atoms with Crippen molar-refractivity contribution in [1.29, 1.82) is 0 Å². The van der Waals surface area contributed by atoms with Gasteiger partial charge in [-0.15, -0.1) is 0 Å². The number of halogens is 1. The largest absolute Gasteiger partial charge is 0.484 e. The molecule has 3 aromatic carbocycles. The Morgan fingerprint density at radius 2 is 1.67 bits per heavy atom. The van der Waals surface area contributed by atoms with Crippen LogP contribution in [0.15, 0.2) is 72.8 Å². The first-order chi connectivity index (χ1) is 16.0. The third-order valence-corrected chi connectivity index (χ3v) is 5.79. The number of benzene rings is 3. The number of aryl methyl sites for hydroxylation is 1. The lowest BCUT2D eigenvalue weighted by molar-refractivity contribution is -0.118. The second kappa shape index (κ2) is 10.4. The van der Waals surface area contributed by atoms with Crippen molar-refractivity contribution < 1.29 is 14.3 Å². The minimum Gasteiger partial charge on any atom is -0.484 e. The van der Waals surface area contributed by atoms with E-state index in [-0.39, 0.29) is 18.4 Å². The van der Waals surface area contributed by atoms with E-state index in [4.69, 9.17) is 16.3 Å². The highest BCUT2D eigenvalue weighted by Crippen LogP contribution is 2.27. The molecule has 4 rings (SSSR count). The Kier molecular flexibility index (Phi) is 7.15. The number of nitrogens with zero attached hydrogens (tertiary/aromatic N) is 2.